The van der Waals surface area contributed by atoms with Crippen LogP contribution in [-0.2, 0) is 34.6 Å². The molecule has 7 aromatic rings. The summed E-state index contributed by atoms with van der Waals surface area (Å²) in [7, 11) is 3.53. The third-order valence-corrected chi connectivity index (χ3v) is 12.3. The van der Waals surface area contributed by atoms with Gasteiger partial charge in [0.1, 0.15) is 28.2 Å². The molecular weight excluding hydrogens is 1120 g/mol. The first-order valence-corrected chi connectivity index (χ1v) is 26.4. The Hall–Kier alpha value is -11.5. The van der Waals surface area contributed by atoms with Gasteiger partial charge in [-0.05, 0) is 36.4 Å². The van der Waals surface area contributed by atoms with E-state index in [-0.39, 0.29) is 104 Å². The number of esters is 3. The zero-order chi connectivity index (χ0) is 63.5. The van der Waals surface area contributed by atoms with Gasteiger partial charge in [-0.2, -0.15) is 39.6 Å². The minimum atomic E-state index is -0.951. The van der Waals surface area contributed by atoms with Crippen molar-refractivity contribution in [2.45, 2.75) is 73.1 Å². The first kappa shape index (κ1) is 63.1. The average Bonchev–Trinajstić information content (AvgIpc) is 2.05. The van der Waals surface area contributed by atoms with E-state index in [4.69, 9.17) is 67.4 Å². The van der Waals surface area contributed by atoms with Gasteiger partial charge in [-0.3, -0.25) is 0 Å². The number of methoxy groups -OCH3 is 3. The summed E-state index contributed by atoms with van der Waals surface area (Å²) in [6.45, 7) is 16.3. The van der Waals surface area contributed by atoms with Gasteiger partial charge in [0.15, 0.2) is 40.5 Å². The van der Waals surface area contributed by atoms with Crippen molar-refractivity contribution in [2.24, 2.45) is 41.8 Å². The molecule has 87 heavy (non-hydrogen) atoms. The van der Waals surface area contributed by atoms with Gasteiger partial charge in [0, 0.05) is 40.0 Å². The highest BCUT2D eigenvalue weighted by Crippen LogP contribution is 2.40. The molecule has 3 aromatic carbocycles. The molecule has 7 rings (SSSR count). The number of azo groups is 3. The minimum Gasteiger partial charge on any atom is -0.465 e. The summed E-state index contributed by atoms with van der Waals surface area (Å²) in [6.07, 6.45) is 2.82. The lowest BCUT2D eigenvalue weighted by Gasteiger charge is -2.21. The second-order valence-electron chi connectivity index (χ2n) is 21.8. The quantitative estimate of drug-likeness (QED) is 0.0106. The van der Waals surface area contributed by atoms with Gasteiger partial charge >= 0.3 is 17.9 Å². The average molecular weight is 1180 g/mol. The summed E-state index contributed by atoms with van der Waals surface area (Å²) in [4.78, 5) is 53.4. The van der Waals surface area contributed by atoms with E-state index in [0.717, 1.165) is 31.3 Å². The molecule has 4 aromatic heterocycles. The smallest absolute Gasteiger partial charge is 0.343 e. The Labute approximate surface area is 499 Å². The number of hydrogen-bond acceptors (Lipinski definition) is 27. The van der Waals surface area contributed by atoms with Gasteiger partial charge in [0.2, 0.25) is 5.95 Å². The minimum absolute atomic E-state index is 0.00251. The molecule has 0 saturated heterocycles. The number of rotatable bonds is 21. The van der Waals surface area contributed by atoms with Crippen LogP contribution < -0.4 is 33.2 Å². The summed E-state index contributed by atoms with van der Waals surface area (Å²) in [5.41, 5.74) is 19.5. The van der Waals surface area contributed by atoms with Crippen LogP contribution in [0.1, 0.15) is 84.1 Å². The summed E-state index contributed by atoms with van der Waals surface area (Å²) in [5, 5.41) is 75.6. The molecule has 4 heterocycles. The lowest BCUT2D eigenvalue weighted by atomic mass is 9.88. The third kappa shape index (κ3) is 14.5. The van der Waals surface area contributed by atoms with Crippen LogP contribution >= 0.6 is 0 Å². The number of aromatic nitrogens is 9. The second kappa shape index (κ2) is 26.4. The molecule has 450 valence electrons. The Morgan fingerprint density at radius 2 is 1.05 bits per heavy atom. The maximum absolute atomic E-state index is 13.1. The van der Waals surface area contributed by atoms with E-state index in [1.54, 1.807) is 106 Å². The van der Waals surface area contributed by atoms with Gasteiger partial charge in [0.25, 0.3) is 11.9 Å². The summed E-state index contributed by atoms with van der Waals surface area (Å²) >= 11 is 0. The molecule has 0 amide bonds. The standard InChI is InChI=1S/C57H66N24O6/c1-55(2,3)40(60)37(71-74-46(34(28-58)49(82)85-10)65-31-22-16-13-17-23-31)43(61)67-52-68-53(80-44(62)38(41(77-80)56(4,5)6)72-75-47(35(29-59)50(83)86-11)66-32-24-18-14-19-25-32)70-54(69-52)81-45(63)39(42(78-81)57(7,8)9)73-76-48-36(51(84)87-12)30-64-79(48)33-26-20-15-21-27-33/h13-30,58-60,65-66H,61-63H2,1-12H3,(H,67,68,69,70)/b43-37+,46-34-,47-35-,58-28?,59-29?,60-40?,74-71+,75-72?,76-73?. The van der Waals surface area contributed by atoms with Crippen LogP contribution in [0.5, 0.6) is 0 Å². The Balaban J connectivity index is 1.50. The third-order valence-electron chi connectivity index (χ3n) is 12.3. The molecule has 0 bridgehead atoms. The van der Waals surface area contributed by atoms with Crippen molar-refractivity contribution in [3.05, 3.63) is 148 Å². The van der Waals surface area contributed by atoms with Crippen molar-refractivity contribution in [3.63, 3.8) is 0 Å². The van der Waals surface area contributed by atoms with Gasteiger partial charge < -0.3 is 63.6 Å². The molecule has 0 fully saturated rings. The van der Waals surface area contributed by atoms with Gasteiger partial charge in [-0.25, -0.2) is 19.1 Å². The number of anilines is 5. The predicted molar refractivity (Wildman–Crippen MR) is 327 cm³/mol. The Morgan fingerprint density at radius 3 is 1.48 bits per heavy atom. The predicted octanol–water partition coefficient (Wildman–Crippen LogP) is 9.82. The Bertz CT molecular complexity index is 3950. The van der Waals surface area contributed by atoms with E-state index >= 15 is 0 Å². The monoisotopic (exact) mass is 1180 g/mol. The lowest BCUT2D eigenvalue weighted by Crippen LogP contribution is -2.26. The molecule has 0 aliphatic carbocycles. The van der Waals surface area contributed by atoms with Crippen molar-refractivity contribution in [2.75, 3.05) is 48.7 Å². The van der Waals surface area contributed by atoms with E-state index in [1.807, 2.05) is 47.6 Å². The molecule has 12 N–H and O–H groups in total. The van der Waals surface area contributed by atoms with Crippen LogP contribution in [-0.4, -0.2) is 102 Å². The van der Waals surface area contributed by atoms with Crippen molar-refractivity contribution in [1.82, 2.24) is 44.3 Å². The summed E-state index contributed by atoms with van der Waals surface area (Å²) in [6, 6.07) is 26.3. The molecule has 0 aliphatic heterocycles. The highest BCUT2D eigenvalue weighted by Gasteiger charge is 2.33. The van der Waals surface area contributed by atoms with Crippen LogP contribution in [0.15, 0.2) is 162 Å². The Kier molecular flexibility index (Phi) is 19.2. The fraction of sp³-hybridized carbons (Fsp3) is 0.263. The van der Waals surface area contributed by atoms with Gasteiger partial charge in [-0.15, -0.1) is 30.7 Å². The van der Waals surface area contributed by atoms with Crippen molar-refractivity contribution in [1.29, 1.82) is 16.2 Å². The van der Waals surface area contributed by atoms with E-state index in [9.17, 15) is 19.8 Å². The highest BCUT2D eigenvalue weighted by molar-refractivity contribution is 6.10. The lowest BCUT2D eigenvalue weighted by molar-refractivity contribution is -0.136. The largest absolute Gasteiger partial charge is 0.465 e. The first-order chi connectivity index (χ1) is 41.2. The maximum Gasteiger partial charge on any atom is 0.343 e. The molecule has 30 heteroatoms. The number of para-hydroxylation sites is 3. The van der Waals surface area contributed by atoms with Crippen LogP contribution in [0.3, 0.4) is 0 Å². The number of nitrogens with zero attached hydrogens (tertiary/aromatic N) is 15. The van der Waals surface area contributed by atoms with E-state index in [2.05, 4.69) is 51.7 Å². The number of allylic oxidation sites excluding steroid dienone is 1. The molecule has 0 saturated carbocycles. The number of nitrogens with one attached hydrogen (secondary N) is 6. The molecule has 0 spiro atoms. The summed E-state index contributed by atoms with van der Waals surface area (Å²) < 4.78 is 18.7. The molecule has 0 atom stereocenters. The zero-order valence-electron chi connectivity index (χ0n) is 49.8. The maximum atomic E-state index is 13.1. The fourth-order valence-corrected chi connectivity index (χ4v) is 7.76. The van der Waals surface area contributed by atoms with Crippen molar-refractivity contribution >= 4 is 82.2 Å². The Morgan fingerprint density at radius 1 is 0.586 bits per heavy atom. The second-order valence-corrected chi connectivity index (χ2v) is 21.8. The van der Waals surface area contributed by atoms with Gasteiger partial charge in [-0.1, -0.05) is 117 Å². The van der Waals surface area contributed by atoms with E-state index < -0.39 is 34.2 Å². The molecule has 0 radical (unpaired) electrons. The molecule has 0 unspecified atom stereocenters. The van der Waals surface area contributed by atoms with Crippen LogP contribution in [0.4, 0.5) is 46.2 Å². The molecule has 0 aliphatic rings. The van der Waals surface area contributed by atoms with Crippen molar-refractivity contribution in [3.8, 4) is 17.6 Å². The van der Waals surface area contributed by atoms with E-state index in [0.29, 0.717) is 17.1 Å². The van der Waals surface area contributed by atoms with Gasteiger partial charge in [0.05, 0.1) is 50.3 Å². The number of carbonyl (C=O) groups is 3. The normalized spacial score (nSPS) is 13.0. The van der Waals surface area contributed by atoms with E-state index in [1.165, 1.54) is 22.7 Å². The topological polar surface area (TPSA) is 431 Å². The van der Waals surface area contributed by atoms with Crippen LogP contribution in [0.25, 0.3) is 17.6 Å². The number of nitrogen functional groups attached to an aromatic ring is 2. The number of nitrogens with two attached hydrogens (primary N) is 3. The first-order valence-electron chi connectivity index (χ1n) is 26.4. The molecular formula is C57H66N24O6. The number of carbonyl (C=O) groups excluding carboxylic acids is 3. The van der Waals surface area contributed by atoms with Crippen molar-refractivity contribution < 1.29 is 28.6 Å². The molecule has 30 nitrogen and oxygen atoms in total. The number of ether oxygens (including phenoxy) is 3. The van der Waals surface area contributed by atoms with Crippen LogP contribution in [0.2, 0.25) is 0 Å². The number of hydrogen-bond donors (Lipinski definition) is 9. The highest BCUT2D eigenvalue weighted by atomic mass is 16.5. The number of benzene rings is 3. The van der Waals surface area contributed by atoms with Crippen LogP contribution in [0, 0.1) is 21.6 Å². The summed E-state index contributed by atoms with van der Waals surface area (Å²) in [5.74, 6) is -4.49. The zero-order valence-corrected chi connectivity index (χ0v) is 49.8. The SMILES string of the molecule is COC(=O)/C(C=N)=C(\N=Nc1c(C(C)(C)C)nn(-c2nc(N/C(N)=C(/N=N/C(Nc3ccccc3)=C(/C=N)C(=O)OC)C(=N)C(C)(C)C)nc(-n3nc(C(C)(C)C)c(N=Nc4c(C(=O)OC)cnn4-c4ccccc4)c3N)n2)c1N)Nc1ccccc1. The fourth-order valence-electron chi connectivity index (χ4n) is 7.76.